The third-order valence-corrected chi connectivity index (χ3v) is 1.98. The lowest BCUT2D eigenvalue weighted by Gasteiger charge is -2.18. The SMILES string of the molecule is CCOc1ccc(C#CCNC(=O)OC(C)(C)C)cn1. The fraction of sp³-hybridized carbons (Fsp3) is 0.467. The van der Waals surface area contributed by atoms with Crippen molar-refractivity contribution in [2.75, 3.05) is 13.2 Å². The van der Waals surface area contributed by atoms with Crippen LogP contribution < -0.4 is 10.1 Å². The van der Waals surface area contributed by atoms with Gasteiger partial charge in [0.2, 0.25) is 5.88 Å². The number of alkyl carbamates (subject to hydrolysis) is 1. The third kappa shape index (κ3) is 6.64. The lowest BCUT2D eigenvalue weighted by molar-refractivity contribution is 0.0535. The number of nitrogens with one attached hydrogen (secondary N) is 1. The van der Waals surface area contributed by atoms with E-state index in [1.165, 1.54) is 0 Å². The minimum atomic E-state index is -0.503. The van der Waals surface area contributed by atoms with Gasteiger partial charge in [0.1, 0.15) is 5.60 Å². The summed E-state index contributed by atoms with van der Waals surface area (Å²) in [6, 6.07) is 3.58. The molecule has 0 radical (unpaired) electrons. The Labute approximate surface area is 119 Å². The second-order valence-corrected chi connectivity index (χ2v) is 4.98. The monoisotopic (exact) mass is 276 g/mol. The van der Waals surface area contributed by atoms with E-state index in [4.69, 9.17) is 9.47 Å². The second kappa shape index (κ2) is 7.39. The summed E-state index contributed by atoms with van der Waals surface area (Å²) in [5.74, 6) is 6.29. The zero-order valence-corrected chi connectivity index (χ0v) is 12.3. The summed E-state index contributed by atoms with van der Waals surface area (Å²) < 4.78 is 10.3. The van der Waals surface area contributed by atoms with Crippen molar-refractivity contribution in [3.8, 4) is 17.7 Å². The first kappa shape index (κ1) is 15.8. The number of rotatable bonds is 3. The topological polar surface area (TPSA) is 60.5 Å². The van der Waals surface area contributed by atoms with Crippen molar-refractivity contribution >= 4 is 6.09 Å². The van der Waals surface area contributed by atoms with E-state index < -0.39 is 11.7 Å². The van der Waals surface area contributed by atoms with E-state index in [0.717, 1.165) is 5.56 Å². The predicted molar refractivity (Wildman–Crippen MR) is 76.5 cm³/mol. The summed E-state index contributed by atoms with van der Waals surface area (Å²) in [6.07, 6.45) is 1.16. The minimum absolute atomic E-state index is 0.224. The Morgan fingerprint density at radius 3 is 2.70 bits per heavy atom. The summed E-state index contributed by atoms with van der Waals surface area (Å²) >= 11 is 0. The van der Waals surface area contributed by atoms with Gasteiger partial charge in [-0.15, -0.1) is 0 Å². The third-order valence-electron chi connectivity index (χ3n) is 1.98. The van der Waals surface area contributed by atoms with E-state index in [9.17, 15) is 4.79 Å². The van der Waals surface area contributed by atoms with Gasteiger partial charge in [0.15, 0.2) is 0 Å². The summed E-state index contributed by atoms with van der Waals surface area (Å²) in [5, 5.41) is 2.56. The first-order chi connectivity index (χ1) is 9.40. The highest BCUT2D eigenvalue weighted by molar-refractivity contribution is 5.68. The number of hydrogen-bond acceptors (Lipinski definition) is 4. The standard InChI is InChI=1S/C15H20N2O3/c1-5-19-13-9-8-12(11-17-13)7-6-10-16-14(18)20-15(2,3)4/h8-9,11H,5,10H2,1-4H3,(H,16,18). The highest BCUT2D eigenvalue weighted by Crippen LogP contribution is 2.07. The van der Waals surface area contributed by atoms with Crippen LogP contribution in [0.5, 0.6) is 5.88 Å². The van der Waals surface area contributed by atoms with E-state index >= 15 is 0 Å². The Kier molecular flexibility index (Phi) is 5.85. The number of carbonyl (C=O) groups excluding carboxylic acids is 1. The first-order valence-electron chi connectivity index (χ1n) is 6.45. The van der Waals surface area contributed by atoms with Crippen molar-refractivity contribution in [1.29, 1.82) is 0 Å². The summed E-state index contributed by atoms with van der Waals surface area (Å²) in [5.41, 5.74) is 0.260. The molecule has 20 heavy (non-hydrogen) atoms. The molecule has 1 heterocycles. The minimum Gasteiger partial charge on any atom is -0.478 e. The summed E-state index contributed by atoms with van der Waals surface area (Å²) in [4.78, 5) is 15.5. The molecular formula is C15H20N2O3. The van der Waals surface area contributed by atoms with Crippen LogP contribution in [0.3, 0.4) is 0 Å². The van der Waals surface area contributed by atoms with E-state index in [1.54, 1.807) is 12.3 Å². The maximum Gasteiger partial charge on any atom is 0.408 e. The predicted octanol–water partition coefficient (Wildman–Crippen LogP) is 2.36. The molecule has 1 aromatic rings. The number of aromatic nitrogens is 1. The first-order valence-corrected chi connectivity index (χ1v) is 6.45. The second-order valence-electron chi connectivity index (χ2n) is 4.98. The van der Waals surface area contributed by atoms with Crippen LogP contribution >= 0.6 is 0 Å². The Balaban J connectivity index is 2.41. The number of amides is 1. The van der Waals surface area contributed by atoms with Crippen molar-refractivity contribution in [1.82, 2.24) is 10.3 Å². The fourth-order valence-electron chi connectivity index (χ4n) is 1.26. The summed E-state index contributed by atoms with van der Waals surface area (Å²) in [7, 11) is 0. The van der Waals surface area contributed by atoms with Gasteiger partial charge < -0.3 is 14.8 Å². The van der Waals surface area contributed by atoms with Gasteiger partial charge in [-0.05, 0) is 33.8 Å². The number of pyridine rings is 1. The number of hydrogen-bond donors (Lipinski definition) is 1. The fourth-order valence-corrected chi connectivity index (χ4v) is 1.26. The Morgan fingerprint density at radius 1 is 1.40 bits per heavy atom. The molecule has 1 amide bonds. The molecule has 0 spiro atoms. The van der Waals surface area contributed by atoms with Gasteiger partial charge in [0.25, 0.3) is 0 Å². The van der Waals surface area contributed by atoms with Gasteiger partial charge in [-0.2, -0.15) is 0 Å². The molecular weight excluding hydrogens is 256 g/mol. The largest absolute Gasteiger partial charge is 0.478 e. The maximum absolute atomic E-state index is 11.4. The molecule has 0 saturated carbocycles. The number of carbonyl (C=O) groups is 1. The molecule has 0 unspecified atom stereocenters. The van der Waals surface area contributed by atoms with Gasteiger partial charge in [0, 0.05) is 17.8 Å². The molecule has 0 aliphatic rings. The van der Waals surface area contributed by atoms with Gasteiger partial charge in [-0.1, -0.05) is 11.8 Å². The van der Waals surface area contributed by atoms with Crippen LogP contribution in [0.25, 0.3) is 0 Å². The zero-order chi connectivity index (χ0) is 15.0. The molecule has 0 aromatic carbocycles. The van der Waals surface area contributed by atoms with Crippen LogP contribution in [0.1, 0.15) is 33.3 Å². The maximum atomic E-state index is 11.4. The Morgan fingerprint density at radius 2 is 2.15 bits per heavy atom. The van der Waals surface area contributed by atoms with E-state index in [0.29, 0.717) is 12.5 Å². The molecule has 1 rings (SSSR count). The Hall–Kier alpha value is -2.22. The molecule has 1 N–H and O–H groups in total. The smallest absolute Gasteiger partial charge is 0.408 e. The van der Waals surface area contributed by atoms with Crippen molar-refractivity contribution < 1.29 is 14.3 Å². The van der Waals surface area contributed by atoms with Crippen LogP contribution in [-0.2, 0) is 4.74 Å². The average molecular weight is 276 g/mol. The van der Waals surface area contributed by atoms with Crippen molar-refractivity contribution in [2.24, 2.45) is 0 Å². The highest BCUT2D eigenvalue weighted by atomic mass is 16.6. The lowest BCUT2D eigenvalue weighted by Crippen LogP contribution is -2.32. The van der Waals surface area contributed by atoms with Crippen LogP contribution in [0.2, 0.25) is 0 Å². The average Bonchev–Trinajstić information content (AvgIpc) is 2.35. The normalized spacial score (nSPS) is 10.2. The van der Waals surface area contributed by atoms with Gasteiger partial charge in [-0.3, -0.25) is 0 Å². The van der Waals surface area contributed by atoms with Crippen molar-refractivity contribution in [2.45, 2.75) is 33.3 Å². The number of ether oxygens (including phenoxy) is 2. The van der Waals surface area contributed by atoms with Crippen molar-refractivity contribution in [3.05, 3.63) is 23.9 Å². The van der Waals surface area contributed by atoms with Gasteiger partial charge >= 0.3 is 6.09 Å². The van der Waals surface area contributed by atoms with E-state index in [1.807, 2.05) is 33.8 Å². The molecule has 5 nitrogen and oxygen atoms in total. The molecule has 1 aromatic heterocycles. The van der Waals surface area contributed by atoms with Crippen LogP contribution in [0, 0.1) is 11.8 Å². The molecule has 0 bridgehead atoms. The molecule has 0 fully saturated rings. The van der Waals surface area contributed by atoms with Gasteiger partial charge in [-0.25, -0.2) is 9.78 Å². The molecule has 5 heteroatoms. The van der Waals surface area contributed by atoms with Crippen LogP contribution in [-0.4, -0.2) is 29.8 Å². The van der Waals surface area contributed by atoms with Crippen LogP contribution in [0.4, 0.5) is 4.79 Å². The quantitative estimate of drug-likeness (QED) is 0.861. The number of nitrogens with zero attached hydrogens (tertiary/aromatic N) is 1. The zero-order valence-electron chi connectivity index (χ0n) is 12.3. The molecule has 0 saturated heterocycles. The van der Waals surface area contributed by atoms with Gasteiger partial charge in [0.05, 0.1) is 13.2 Å². The summed E-state index contributed by atoms with van der Waals surface area (Å²) in [6.45, 7) is 8.13. The van der Waals surface area contributed by atoms with Crippen LogP contribution in [0.15, 0.2) is 18.3 Å². The molecule has 108 valence electrons. The van der Waals surface area contributed by atoms with E-state index in [-0.39, 0.29) is 6.54 Å². The van der Waals surface area contributed by atoms with Crippen molar-refractivity contribution in [3.63, 3.8) is 0 Å². The molecule has 0 aliphatic heterocycles. The lowest BCUT2D eigenvalue weighted by atomic mass is 10.2. The van der Waals surface area contributed by atoms with E-state index in [2.05, 4.69) is 22.1 Å². The highest BCUT2D eigenvalue weighted by Gasteiger charge is 2.14. The molecule has 0 aliphatic carbocycles. The Bertz CT molecular complexity index is 493. The molecule has 0 atom stereocenters.